The Morgan fingerprint density at radius 3 is 2.07 bits per heavy atom. The van der Waals surface area contributed by atoms with Crippen molar-refractivity contribution in [1.82, 2.24) is 4.90 Å². The highest BCUT2D eigenvalue weighted by Gasteiger charge is 2.26. The summed E-state index contributed by atoms with van der Waals surface area (Å²) in [6, 6.07) is 0. The van der Waals surface area contributed by atoms with Crippen molar-refractivity contribution in [1.29, 1.82) is 0 Å². The molecule has 0 fully saturated rings. The Kier molecular flexibility index (Phi) is 3.07. The number of carbonyl (C=O) groups excluding carboxylic acids is 3. The SMILES string of the molecule is CC(C)(C)C(=O)CCN1C(=O)C=CC1=O. The lowest BCUT2D eigenvalue weighted by atomic mass is 9.89. The number of Topliss-reactive ketones (excluding diaryl/α,β-unsaturated/α-hetero) is 1. The smallest absolute Gasteiger partial charge is 0.253 e. The largest absolute Gasteiger partial charge is 0.299 e. The van der Waals surface area contributed by atoms with E-state index < -0.39 is 5.41 Å². The van der Waals surface area contributed by atoms with Gasteiger partial charge in [0.15, 0.2) is 0 Å². The third-order valence-corrected chi connectivity index (χ3v) is 2.30. The molecule has 1 rings (SSSR count). The molecule has 0 atom stereocenters. The molecule has 0 N–H and O–H groups in total. The van der Waals surface area contributed by atoms with Gasteiger partial charge in [0.25, 0.3) is 11.8 Å². The number of rotatable bonds is 3. The first kappa shape index (κ1) is 11.6. The number of ketones is 1. The van der Waals surface area contributed by atoms with E-state index in [0.717, 1.165) is 4.90 Å². The summed E-state index contributed by atoms with van der Waals surface area (Å²) in [5.41, 5.74) is -0.417. The van der Waals surface area contributed by atoms with Gasteiger partial charge in [-0.05, 0) is 0 Å². The number of nitrogens with zero attached hydrogens (tertiary/aromatic N) is 1. The quantitative estimate of drug-likeness (QED) is 0.649. The van der Waals surface area contributed by atoms with Crippen LogP contribution in [0.3, 0.4) is 0 Å². The van der Waals surface area contributed by atoms with Crippen LogP contribution in [0.15, 0.2) is 12.2 Å². The standard InChI is InChI=1S/C11H15NO3/c1-11(2,3)8(13)6-7-12-9(14)4-5-10(12)15/h4-5H,6-7H2,1-3H3. The fourth-order valence-corrected chi connectivity index (χ4v) is 1.24. The van der Waals surface area contributed by atoms with Gasteiger partial charge in [-0.3, -0.25) is 19.3 Å². The molecule has 0 aromatic heterocycles. The molecule has 0 unspecified atom stereocenters. The Labute approximate surface area is 88.9 Å². The van der Waals surface area contributed by atoms with Crippen LogP contribution in [0.4, 0.5) is 0 Å². The summed E-state index contributed by atoms with van der Waals surface area (Å²) < 4.78 is 0. The monoisotopic (exact) mass is 209 g/mol. The fourth-order valence-electron chi connectivity index (χ4n) is 1.24. The summed E-state index contributed by atoms with van der Waals surface area (Å²) in [4.78, 5) is 35.0. The summed E-state index contributed by atoms with van der Waals surface area (Å²) >= 11 is 0. The van der Waals surface area contributed by atoms with Gasteiger partial charge in [-0.15, -0.1) is 0 Å². The first-order valence-corrected chi connectivity index (χ1v) is 4.89. The van der Waals surface area contributed by atoms with Gasteiger partial charge in [-0.25, -0.2) is 0 Å². The van der Waals surface area contributed by atoms with Crippen molar-refractivity contribution >= 4 is 17.6 Å². The molecule has 82 valence electrons. The zero-order valence-corrected chi connectivity index (χ0v) is 9.24. The van der Waals surface area contributed by atoms with Gasteiger partial charge in [-0.2, -0.15) is 0 Å². The highest BCUT2D eigenvalue weighted by molar-refractivity contribution is 6.13. The lowest BCUT2D eigenvalue weighted by Gasteiger charge is -2.19. The average Bonchev–Trinajstić information content (AvgIpc) is 2.41. The minimum atomic E-state index is -0.417. The number of carbonyl (C=O) groups is 3. The molecule has 0 aromatic carbocycles. The highest BCUT2D eigenvalue weighted by atomic mass is 16.2. The topological polar surface area (TPSA) is 54.5 Å². The summed E-state index contributed by atoms with van der Waals surface area (Å²) in [6.07, 6.45) is 2.68. The minimum absolute atomic E-state index is 0.0509. The summed E-state index contributed by atoms with van der Waals surface area (Å²) in [7, 11) is 0. The number of imide groups is 1. The Balaban J connectivity index is 2.49. The summed E-state index contributed by atoms with van der Waals surface area (Å²) in [5.74, 6) is -0.613. The maximum absolute atomic E-state index is 11.6. The summed E-state index contributed by atoms with van der Waals surface area (Å²) in [5, 5.41) is 0. The Hall–Kier alpha value is -1.45. The Morgan fingerprint density at radius 2 is 1.67 bits per heavy atom. The zero-order chi connectivity index (χ0) is 11.6. The van der Waals surface area contributed by atoms with Crippen LogP contribution in [0.1, 0.15) is 27.2 Å². The second-order valence-corrected chi connectivity index (χ2v) is 4.58. The molecule has 0 aromatic rings. The molecule has 0 saturated heterocycles. The Bertz CT molecular complexity index is 318. The van der Waals surface area contributed by atoms with Gasteiger partial charge >= 0.3 is 0 Å². The lowest BCUT2D eigenvalue weighted by molar-refractivity contribution is -0.137. The number of hydrogen-bond acceptors (Lipinski definition) is 3. The molecule has 15 heavy (non-hydrogen) atoms. The molecular weight excluding hydrogens is 194 g/mol. The predicted molar refractivity (Wildman–Crippen MR) is 54.9 cm³/mol. The van der Waals surface area contributed by atoms with Crippen LogP contribution in [0, 0.1) is 5.41 Å². The van der Waals surface area contributed by atoms with E-state index in [9.17, 15) is 14.4 Å². The van der Waals surface area contributed by atoms with Crippen molar-refractivity contribution in [2.45, 2.75) is 27.2 Å². The first-order chi connectivity index (χ1) is 6.82. The first-order valence-electron chi connectivity index (χ1n) is 4.89. The maximum atomic E-state index is 11.6. The van der Waals surface area contributed by atoms with Crippen molar-refractivity contribution in [3.8, 4) is 0 Å². The van der Waals surface area contributed by atoms with Crippen LogP contribution < -0.4 is 0 Å². The minimum Gasteiger partial charge on any atom is -0.299 e. The molecule has 0 spiro atoms. The van der Waals surface area contributed by atoms with Gasteiger partial charge in [0, 0.05) is 30.5 Å². The van der Waals surface area contributed by atoms with Crippen LogP contribution in [0.25, 0.3) is 0 Å². The molecule has 1 aliphatic rings. The van der Waals surface area contributed by atoms with Crippen LogP contribution in [0.2, 0.25) is 0 Å². The molecule has 1 heterocycles. The molecule has 0 bridgehead atoms. The summed E-state index contributed by atoms with van der Waals surface area (Å²) in [6.45, 7) is 5.64. The van der Waals surface area contributed by atoms with Crippen LogP contribution >= 0.6 is 0 Å². The van der Waals surface area contributed by atoms with Gasteiger partial charge in [-0.1, -0.05) is 20.8 Å². The van der Waals surface area contributed by atoms with Crippen LogP contribution in [-0.4, -0.2) is 29.0 Å². The van der Waals surface area contributed by atoms with E-state index in [0.29, 0.717) is 0 Å². The van der Waals surface area contributed by atoms with Gasteiger partial charge in [0.1, 0.15) is 5.78 Å². The average molecular weight is 209 g/mol. The maximum Gasteiger partial charge on any atom is 0.253 e. The second-order valence-electron chi connectivity index (χ2n) is 4.58. The molecule has 0 radical (unpaired) electrons. The van der Waals surface area contributed by atoms with Crippen LogP contribution in [0.5, 0.6) is 0 Å². The van der Waals surface area contributed by atoms with Crippen molar-refractivity contribution in [2.75, 3.05) is 6.54 Å². The molecule has 2 amide bonds. The van der Waals surface area contributed by atoms with E-state index in [-0.39, 0.29) is 30.6 Å². The number of hydrogen-bond donors (Lipinski definition) is 0. The van der Waals surface area contributed by atoms with Crippen molar-refractivity contribution in [3.05, 3.63) is 12.2 Å². The van der Waals surface area contributed by atoms with Gasteiger partial charge in [0.2, 0.25) is 0 Å². The van der Waals surface area contributed by atoms with E-state index in [1.165, 1.54) is 12.2 Å². The second kappa shape index (κ2) is 3.96. The highest BCUT2D eigenvalue weighted by Crippen LogP contribution is 2.17. The molecule has 0 aliphatic carbocycles. The normalized spacial score (nSPS) is 16.3. The number of amides is 2. The fraction of sp³-hybridized carbons (Fsp3) is 0.545. The van der Waals surface area contributed by atoms with E-state index in [2.05, 4.69) is 0 Å². The van der Waals surface area contributed by atoms with E-state index in [1.54, 1.807) is 0 Å². The van der Waals surface area contributed by atoms with Crippen molar-refractivity contribution < 1.29 is 14.4 Å². The predicted octanol–water partition coefficient (Wildman–Crippen LogP) is 0.917. The Morgan fingerprint density at radius 1 is 1.20 bits per heavy atom. The molecule has 0 saturated carbocycles. The van der Waals surface area contributed by atoms with E-state index >= 15 is 0 Å². The lowest BCUT2D eigenvalue weighted by Crippen LogP contribution is -2.34. The van der Waals surface area contributed by atoms with Gasteiger partial charge in [0.05, 0.1) is 0 Å². The third-order valence-electron chi connectivity index (χ3n) is 2.30. The van der Waals surface area contributed by atoms with Crippen LogP contribution in [-0.2, 0) is 14.4 Å². The molecule has 1 aliphatic heterocycles. The van der Waals surface area contributed by atoms with Gasteiger partial charge < -0.3 is 0 Å². The molecular formula is C11H15NO3. The van der Waals surface area contributed by atoms with E-state index in [4.69, 9.17) is 0 Å². The third kappa shape index (κ3) is 2.75. The van der Waals surface area contributed by atoms with Crippen molar-refractivity contribution in [2.24, 2.45) is 5.41 Å². The molecule has 4 heteroatoms. The van der Waals surface area contributed by atoms with E-state index in [1.807, 2.05) is 20.8 Å². The zero-order valence-electron chi connectivity index (χ0n) is 9.24. The van der Waals surface area contributed by atoms with Crippen molar-refractivity contribution in [3.63, 3.8) is 0 Å². The molecule has 4 nitrogen and oxygen atoms in total.